The summed E-state index contributed by atoms with van der Waals surface area (Å²) >= 11 is 0. The summed E-state index contributed by atoms with van der Waals surface area (Å²) in [6.07, 6.45) is 1.69. The highest BCUT2D eigenvalue weighted by Gasteiger charge is 2.36. The minimum absolute atomic E-state index is 0.143. The molecule has 1 amide bonds. The van der Waals surface area contributed by atoms with Crippen molar-refractivity contribution < 1.29 is 9.18 Å². The normalized spacial score (nSPS) is 23.5. The van der Waals surface area contributed by atoms with E-state index < -0.39 is 5.54 Å². The third-order valence-corrected chi connectivity index (χ3v) is 3.66. The lowest BCUT2D eigenvalue weighted by Gasteiger charge is -2.40. The minimum Gasteiger partial charge on any atom is -0.368 e. The second-order valence-electron chi connectivity index (χ2n) is 5.52. The van der Waals surface area contributed by atoms with Crippen LogP contribution in [0.4, 0.5) is 4.39 Å². The number of carbonyl (C=O) groups excluding carboxylic acids is 1. The monoisotopic (exact) mass is 250 g/mol. The molecule has 3 nitrogen and oxygen atoms in total. The molecule has 0 unspecified atom stereocenters. The smallest absolute Gasteiger partial charge is 0.237 e. The Labute approximate surface area is 107 Å². The Morgan fingerprint density at radius 2 is 2.00 bits per heavy atom. The van der Waals surface area contributed by atoms with Crippen LogP contribution >= 0.6 is 0 Å². The zero-order chi connectivity index (χ0) is 13.3. The van der Waals surface area contributed by atoms with Crippen molar-refractivity contribution in [2.75, 3.05) is 0 Å². The lowest BCUT2D eigenvalue weighted by molar-refractivity contribution is -0.123. The van der Waals surface area contributed by atoms with E-state index in [2.05, 4.69) is 5.32 Å². The number of rotatable bonds is 4. The van der Waals surface area contributed by atoms with Crippen LogP contribution in [0.15, 0.2) is 24.3 Å². The number of amides is 1. The first kappa shape index (κ1) is 13.0. The van der Waals surface area contributed by atoms with Crippen LogP contribution in [0, 0.1) is 5.82 Å². The van der Waals surface area contributed by atoms with E-state index in [0.29, 0.717) is 0 Å². The fourth-order valence-corrected chi connectivity index (χ4v) is 2.38. The summed E-state index contributed by atoms with van der Waals surface area (Å²) in [5.74, 6) is -0.265. The highest BCUT2D eigenvalue weighted by Crippen LogP contribution is 2.38. The highest BCUT2D eigenvalue weighted by atomic mass is 19.1. The maximum absolute atomic E-state index is 13.6. The molecule has 1 aromatic rings. The average molecular weight is 250 g/mol. The van der Waals surface area contributed by atoms with E-state index in [1.165, 1.54) is 6.07 Å². The highest BCUT2D eigenvalue weighted by molar-refractivity contribution is 5.83. The van der Waals surface area contributed by atoms with Gasteiger partial charge in [0.15, 0.2) is 0 Å². The van der Waals surface area contributed by atoms with Gasteiger partial charge in [0.2, 0.25) is 5.91 Å². The maximum atomic E-state index is 13.6. The second-order valence-corrected chi connectivity index (χ2v) is 5.52. The molecule has 1 aliphatic rings. The number of primary amides is 1. The van der Waals surface area contributed by atoms with Crippen LogP contribution < -0.4 is 11.1 Å². The van der Waals surface area contributed by atoms with E-state index in [9.17, 15) is 9.18 Å². The number of hydrogen-bond donors (Lipinski definition) is 2. The third kappa shape index (κ3) is 2.53. The molecular formula is C14H19FN2O. The van der Waals surface area contributed by atoms with Gasteiger partial charge in [-0.2, -0.15) is 0 Å². The van der Waals surface area contributed by atoms with Crippen LogP contribution in [-0.4, -0.2) is 17.5 Å². The molecule has 1 saturated carbocycles. The van der Waals surface area contributed by atoms with Crippen molar-refractivity contribution in [3.05, 3.63) is 35.6 Å². The molecule has 0 bridgehead atoms. The van der Waals surface area contributed by atoms with Crippen LogP contribution in [-0.2, 0) is 4.79 Å². The van der Waals surface area contributed by atoms with Gasteiger partial charge in [0.1, 0.15) is 5.82 Å². The molecule has 1 fully saturated rings. The number of benzene rings is 1. The largest absolute Gasteiger partial charge is 0.368 e. The molecule has 3 N–H and O–H groups in total. The van der Waals surface area contributed by atoms with Crippen molar-refractivity contribution in [2.45, 2.75) is 44.2 Å². The van der Waals surface area contributed by atoms with Crippen LogP contribution in [0.25, 0.3) is 0 Å². The molecule has 0 atom stereocenters. The molecule has 0 aliphatic heterocycles. The average Bonchev–Trinajstić information content (AvgIpc) is 2.24. The molecule has 0 heterocycles. The third-order valence-electron chi connectivity index (χ3n) is 3.66. The quantitative estimate of drug-likeness (QED) is 0.858. The number of hydrogen-bond acceptors (Lipinski definition) is 2. The Kier molecular flexibility index (Phi) is 3.39. The molecule has 18 heavy (non-hydrogen) atoms. The lowest BCUT2D eigenvalue weighted by atomic mass is 9.75. The van der Waals surface area contributed by atoms with Crippen LogP contribution in [0.5, 0.6) is 0 Å². The van der Waals surface area contributed by atoms with Crippen LogP contribution in [0.2, 0.25) is 0 Å². The predicted octanol–water partition coefficient (Wildman–Crippen LogP) is 1.93. The van der Waals surface area contributed by atoms with Crippen molar-refractivity contribution in [2.24, 2.45) is 5.73 Å². The zero-order valence-electron chi connectivity index (χ0n) is 10.7. The molecule has 2 rings (SSSR count). The Morgan fingerprint density at radius 3 is 2.56 bits per heavy atom. The minimum atomic E-state index is -0.704. The van der Waals surface area contributed by atoms with Gasteiger partial charge in [0, 0.05) is 6.04 Å². The van der Waals surface area contributed by atoms with Crippen molar-refractivity contribution in [3.8, 4) is 0 Å². The van der Waals surface area contributed by atoms with Crippen molar-refractivity contribution >= 4 is 5.91 Å². The van der Waals surface area contributed by atoms with E-state index in [4.69, 9.17) is 5.73 Å². The number of nitrogens with one attached hydrogen (secondary N) is 1. The first-order valence-corrected chi connectivity index (χ1v) is 6.22. The summed E-state index contributed by atoms with van der Waals surface area (Å²) < 4.78 is 13.6. The van der Waals surface area contributed by atoms with Gasteiger partial charge in [-0.05, 0) is 44.2 Å². The fraction of sp³-hybridized carbons (Fsp3) is 0.500. The second kappa shape index (κ2) is 4.69. The maximum Gasteiger partial charge on any atom is 0.237 e. The molecule has 1 aromatic carbocycles. The number of halogens is 1. The van der Waals surface area contributed by atoms with E-state index in [-0.39, 0.29) is 23.7 Å². The zero-order valence-corrected chi connectivity index (χ0v) is 10.7. The molecule has 0 aromatic heterocycles. The topological polar surface area (TPSA) is 55.1 Å². The van der Waals surface area contributed by atoms with Crippen molar-refractivity contribution in [3.63, 3.8) is 0 Å². The fourth-order valence-electron chi connectivity index (χ4n) is 2.38. The van der Waals surface area contributed by atoms with E-state index in [1.807, 2.05) is 12.1 Å². The van der Waals surface area contributed by atoms with Gasteiger partial charge in [-0.15, -0.1) is 0 Å². The molecule has 4 heteroatoms. The van der Waals surface area contributed by atoms with Gasteiger partial charge >= 0.3 is 0 Å². The predicted molar refractivity (Wildman–Crippen MR) is 68.6 cm³/mol. The van der Waals surface area contributed by atoms with E-state index in [0.717, 1.165) is 18.4 Å². The summed E-state index contributed by atoms with van der Waals surface area (Å²) in [4.78, 5) is 11.2. The van der Waals surface area contributed by atoms with Crippen LogP contribution in [0.1, 0.15) is 38.2 Å². The standard InChI is InChI=1S/C14H19FN2O/c1-14(2,13(16)18)17-10-7-9(8-10)11-5-3-4-6-12(11)15/h3-6,9-10,17H,7-8H2,1-2H3,(H2,16,18). The molecule has 0 radical (unpaired) electrons. The van der Waals surface area contributed by atoms with Gasteiger partial charge in [-0.1, -0.05) is 18.2 Å². The Balaban J connectivity index is 1.92. The molecule has 98 valence electrons. The molecule has 0 saturated heterocycles. The number of carbonyl (C=O) groups is 1. The van der Waals surface area contributed by atoms with E-state index >= 15 is 0 Å². The molecular weight excluding hydrogens is 231 g/mol. The van der Waals surface area contributed by atoms with E-state index in [1.54, 1.807) is 19.9 Å². The molecule has 1 aliphatic carbocycles. The van der Waals surface area contributed by atoms with Gasteiger partial charge in [-0.25, -0.2) is 4.39 Å². The SMILES string of the molecule is CC(C)(NC1CC(c2ccccc2F)C1)C(N)=O. The Bertz CT molecular complexity index is 453. The van der Waals surface area contributed by atoms with Gasteiger partial charge in [0.05, 0.1) is 5.54 Å². The first-order chi connectivity index (χ1) is 8.40. The van der Waals surface area contributed by atoms with Crippen LogP contribution in [0.3, 0.4) is 0 Å². The summed E-state index contributed by atoms with van der Waals surface area (Å²) in [7, 11) is 0. The number of nitrogens with two attached hydrogens (primary N) is 1. The molecule has 0 spiro atoms. The summed E-state index contributed by atoms with van der Waals surface area (Å²) in [5, 5.41) is 3.21. The lowest BCUT2D eigenvalue weighted by Crippen LogP contribution is -2.57. The first-order valence-electron chi connectivity index (χ1n) is 6.22. The Hall–Kier alpha value is -1.42. The summed E-state index contributed by atoms with van der Waals surface area (Å²) in [6.45, 7) is 3.54. The van der Waals surface area contributed by atoms with Crippen molar-refractivity contribution in [1.29, 1.82) is 0 Å². The van der Waals surface area contributed by atoms with Gasteiger partial charge in [-0.3, -0.25) is 4.79 Å². The summed E-state index contributed by atoms with van der Waals surface area (Å²) in [6, 6.07) is 7.10. The van der Waals surface area contributed by atoms with Gasteiger partial charge < -0.3 is 11.1 Å². The van der Waals surface area contributed by atoms with Crippen molar-refractivity contribution in [1.82, 2.24) is 5.32 Å². The summed E-state index contributed by atoms with van der Waals surface area (Å²) in [5.41, 5.74) is 5.37. The van der Waals surface area contributed by atoms with Gasteiger partial charge in [0.25, 0.3) is 0 Å². The Morgan fingerprint density at radius 1 is 1.39 bits per heavy atom.